The van der Waals surface area contributed by atoms with E-state index in [1.54, 1.807) is 0 Å². The quantitative estimate of drug-likeness (QED) is 0.607. The lowest BCUT2D eigenvalue weighted by Gasteiger charge is -2.24. The average molecular weight is 381 g/mol. The van der Waals surface area contributed by atoms with Crippen molar-refractivity contribution >= 4 is 6.09 Å². The molecule has 0 aliphatic heterocycles. The smallest absolute Gasteiger partial charge is 0.407 e. The van der Waals surface area contributed by atoms with E-state index in [9.17, 15) is 9.90 Å². The minimum Gasteiger partial charge on any atom is -0.491 e. The zero-order valence-corrected chi connectivity index (χ0v) is 17.7. The van der Waals surface area contributed by atoms with Crippen LogP contribution in [0.25, 0.3) is 0 Å². The fourth-order valence-corrected chi connectivity index (χ4v) is 2.68. The van der Waals surface area contributed by atoms with Gasteiger partial charge in [0, 0.05) is 18.6 Å². The van der Waals surface area contributed by atoms with Crippen LogP contribution in [0.3, 0.4) is 0 Å². The van der Waals surface area contributed by atoms with Gasteiger partial charge in [0.1, 0.15) is 11.4 Å². The number of rotatable bonds is 9. The Morgan fingerprint density at radius 3 is 2.41 bits per heavy atom. The summed E-state index contributed by atoms with van der Waals surface area (Å²) in [5, 5.41) is 16.6. The molecule has 1 amide bonds. The highest BCUT2D eigenvalue weighted by atomic mass is 16.6. The summed E-state index contributed by atoms with van der Waals surface area (Å²) >= 11 is 0. The summed E-state index contributed by atoms with van der Waals surface area (Å²) in [6, 6.07) is 7.60. The highest BCUT2D eigenvalue weighted by Crippen LogP contribution is 2.20. The Hall–Kier alpha value is -1.79. The number of hydrogen-bond donors (Lipinski definition) is 3. The van der Waals surface area contributed by atoms with Crippen LogP contribution in [0.1, 0.15) is 66.6 Å². The zero-order valence-electron chi connectivity index (χ0n) is 17.7. The Balaban J connectivity index is 2.42. The van der Waals surface area contributed by atoms with Gasteiger partial charge in [-0.2, -0.15) is 0 Å². The van der Waals surface area contributed by atoms with Crippen LogP contribution in [0.4, 0.5) is 4.79 Å². The van der Waals surface area contributed by atoms with Crippen LogP contribution in [0.2, 0.25) is 0 Å². The van der Waals surface area contributed by atoms with Gasteiger partial charge in [0.05, 0.1) is 12.2 Å². The molecule has 0 aliphatic carbocycles. The number of benzene rings is 1. The second kappa shape index (κ2) is 10.5. The van der Waals surface area contributed by atoms with Gasteiger partial charge in [-0.3, -0.25) is 0 Å². The Morgan fingerprint density at radius 2 is 1.81 bits per heavy atom. The highest BCUT2D eigenvalue weighted by Gasteiger charge is 2.19. The van der Waals surface area contributed by atoms with E-state index in [1.807, 2.05) is 72.7 Å². The van der Waals surface area contributed by atoms with Crippen molar-refractivity contribution in [3.8, 4) is 5.75 Å². The number of hydrogen-bond acceptors (Lipinski definition) is 5. The summed E-state index contributed by atoms with van der Waals surface area (Å²) in [4.78, 5) is 11.8. The molecule has 0 saturated carbocycles. The van der Waals surface area contributed by atoms with E-state index in [4.69, 9.17) is 9.47 Å². The largest absolute Gasteiger partial charge is 0.491 e. The maximum atomic E-state index is 11.8. The van der Waals surface area contributed by atoms with Crippen LogP contribution in [0.15, 0.2) is 24.3 Å². The summed E-state index contributed by atoms with van der Waals surface area (Å²) in [6.45, 7) is 13.8. The lowest BCUT2D eigenvalue weighted by atomic mass is 10.1. The lowest BCUT2D eigenvalue weighted by molar-refractivity contribution is 0.0503. The number of aliphatic hydroxyl groups is 1. The highest BCUT2D eigenvalue weighted by molar-refractivity contribution is 5.68. The van der Waals surface area contributed by atoms with Crippen LogP contribution in [0, 0.1) is 0 Å². The van der Waals surface area contributed by atoms with Gasteiger partial charge >= 0.3 is 6.09 Å². The van der Waals surface area contributed by atoms with Crippen LogP contribution >= 0.6 is 0 Å². The van der Waals surface area contributed by atoms with Gasteiger partial charge in [0.25, 0.3) is 0 Å². The molecule has 0 saturated heterocycles. The lowest BCUT2D eigenvalue weighted by Crippen LogP contribution is -2.41. The second-order valence-corrected chi connectivity index (χ2v) is 8.35. The van der Waals surface area contributed by atoms with E-state index in [1.165, 1.54) is 0 Å². The molecule has 1 rings (SSSR count). The Bertz CT molecular complexity index is 584. The van der Waals surface area contributed by atoms with Gasteiger partial charge in [-0.1, -0.05) is 12.1 Å². The summed E-state index contributed by atoms with van der Waals surface area (Å²) in [7, 11) is 0. The van der Waals surface area contributed by atoms with Gasteiger partial charge in [-0.05, 0) is 72.6 Å². The van der Waals surface area contributed by atoms with E-state index in [0.29, 0.717) is 6.54 Å². The number of ether oxygens (including phenoxy) is 2. The molecule has 3 atom stereocenters. The summed E-state index contributed by atoms with van der Waals surface area (Å²) in [6.07, 6.45) is -0.223. The van der Waals surface area contributed by atoms with E-state index >= 15 is 0 Å². The fourth-order valence-electron chi connectivity index (χ4n) is 2.68. The number of alkyl carbamates (subject to hydrolysis) is 1. The van der Waals surface area contributed by atoms with Gasteiger partial charge < -0.3 is 25.2 Å². The topological polar surface area (TPSA) is 79.8 Å². The number of nitrogens with one attached hydrogen (secondary N) is 2. The fraction of sp³-hybridized carbons (Fsp3) is 0.667. The first-order valence-corrected chi connectivity index (χ1v) is 9.64. The molecule has 6 nitrogen and oxygen atoms in total. The van der Waals surface area contributed by atoms with Crippen LogP contribution in [-0.4, -0.2) is 41.5 Å². The molecule has 0 spiro atoms. The summed E-state index contributed by atoms with van der Waals surface area (Å²) in [5.41, 5.74) is 0.304. The molecule has 0 aromatic heterocycles. The van der Waals surface area contributed by atoms with Gasteiger partial charge in [-0.15, -0.1) is 0 Å². The molecule has 0 unspecified atom stereocenters. The Labute approximate surface area is 163 Å². The van der Waals surface area contributed by atoms with Crippen molar-refractivity contribution < 1.29 is 19.4 Å². The Kier molecular flexibility index (Phi) is 9.06. The zero-order chi connectivity index (χ0) is 20.6. The first-order chi connectivity index (χ1) is 12.5. The van der Waals surface area contributed by atoms with Crippen molar-refractivity contribution in [2.45, 2.75) is 84.8 Å². The van der Waals surface area contributed by atoms with Crippen molar-refractivity contribution in [1.82, 2.24) is 10.6 Å². The van der Waals surface area contributed by atoms with Crippen molar-refractivity contribution in [2.24, 2.45) is 0 Å². The third-order valence-electron chi connectivity index (χ3n) is 3.74. The second-order valence-electron chi connectivity index (χ2n) is 8.35. The SMILES string of the molecule is CC(C)Oc1cccc([C@@H](O)CN[C@H](C)C[C@H](C)NC(=O)OC(C)(C)C)c1. The number of carbonyl (C=O) groups is 1. The molecule has 154 valence electrons. The standard InChI is InChI=1S/C21H36N2O4/c1-14(2)26-18-10-8-9-17(12-18)19(24)13-22-15(3)11-16(4)23-20(25)27-21(5,6)7/h8-10,12,14-16,19,22,24H,11,13H2,1-7H3,(H,23,25)/t15-,16+,19+/m1/s1. The maximum Gasteiger partial charge on any atom is 0.407 e. The molecule has 0 aliphatic rings. The molecule has 0 radical (unpaired) electrons. The minimum atomic E-state index is -0.628. The van der Waals surface area contributed by atoms with Crippen LogP contribution in [-0.2, 0) is 4.74 Å². The monoisotopic (exact) mass is 380 g/mol. The first-order valence-electron chi connectivity index (χ1n) is 9.64. The molecule has 27 heavy (non-hydrogen) atoms. The number of amides is 1. The molecule has 1 aromatic rings. The van der Waals surface area contributed by atoms with E-state index in [2.05, 4.69) is 10.6 Å². The molecule has 0 bridgehead atoms. The molecule has 1 aromatic carbocycles. The van der Waals surface area contributed by atoms with Crippen molar-refractivity contribution in [1.29, 1.82) is 0 Å². The van der Waals surface area contributed by atoms with Crippen molar-refractivity contribution in [3.63, 3.8) is 0 Å². The van der Waals surface area contributed by atoms with E-state index < -0.39 is 17.8 Å². The molecular weight excluding hydrogens is 344 g/mol. The molecule has 0 fully saturated rings. The maximum absolute atomic E-state index is 11.8. The van der Waals surface area contributed by atoms with Crippen LogP contribution < -0.4 is 15.4 Å². The van der Waals surface area contributed by atoms with Gasteiger partial charge in [0.2, 0.25) is 0 Å². The molecule has 3 N–H and O–H groups in total. The normalized spacial score (nSPS) is 15.1. The average Bonchev–Trinajstić information content (AvgIpc) is 2.50. The minimum absolute atomic E-state index is 0.0396. The van der Waals surface area contributed by atoms with E-state index in [-0.39, 0.29) is 18.2 Å². The van der Waals surface area contributed by atoms with Crippen molar-refractivity contribution in [3.05, 3.63) is 29.8 Å². The van der Waals surface area contributed by atoms with Crippen LogP contribution in [0.5, 0.6) is 5.75 Å². The van der Waals surface area contributed by atoms with Gasteiger partial charge in [-0.25, -0.2) is 4.79 Å². The number of aliphatic hydroxyl groups excluding tert-OH is 1. The molecule has 0 heterocycles. The Morgan fingerprint density at radius 1 is 1.15 bits per heavy atom. The van der Waals surface area contributed by atoms with Gasteiger partial charge in [0.15, 0.2) is 0 Å². The molecular formula is C21H36N2O4. The van der Waals surface area contributed by atoms with Crippen molar-refractivity contribution in [2.75, 3.05) is 6.54 Å². The predicted molar refractivity (Wildman–Crippen MR) is 108 cm³/mol. The number of carbonyl (C=O) groups excluding carboxylic acids is 1. The predicted octanol–water partition coefficient (Wildman–Crippen LogP) is 3.79. The third-order valence-corrected chi connectivity index (χ3v) is 3.74. The first kappa shape index (κ1) is 23.2. The van der Waals surface area contributed by atoms with E-state index in [0.717, 1.165) is 17.7 Å². The summed E-state index contributed by atoms with van der Waals surface area (Å²) in [5.74, 6) is 0.754. The summed E-state index contributed by atoms with van der Waals surface area (Å²) < 4.78 is 10.9. The molecule has 6 heteroatoms. The third kappa shape index (κ3) is 10.2.